The Hall–Kier alpha value is -3.26. The molecule has 2 aromatic heterocycles. The van der Waals surface area contributed by atoms with Crippen molar-refractivity contribution in [1.82, 2.24) is 15.0 Å². The summed E-state index contributed by atoms with van der Waals surface area (Å²) in [5.74, 6) is 0.00338. The van der Waals surface area contributed by atoms with Gasteiger partial charge in [-0.15, -0.1) is 0 Å². The van der Waals surface area contributed by atoms with E-state index in [1.54, 1.807) is 23.1 Å². The number of phenolic OH excluding ortho intramolecular Hbond substituents is 1. The molecule has 0 bridgehead atoms. The van der Waals surface area contributed by atoms with Gasteiger partial charge in [0.25, 0.3) is 0 Å². The van der Waals surface area contributed by atoms with Gasteiger partial charge < -0.3 is 15.0 Å². The zero-order valence-electron chi connectivity index (χ0n) is 16.9. The number of rotatable bonds is 2. The number of phenols is 1. The maximum Gasteiger partial charge on any atom is 0.433 e. The Morgan fingerprint density at radius 2 is 1.97 bits per heavy atom. The Balaban J connectivity index is 1.72. The summed E-state index contributed by atoms with van der Waals surface area (Å²) in [6, 6.07) is 11.0. The number of anilines is 1. The first-order chi connectivity index (χ1) is 15.2. The molecule has 0 saturated heterocycles. The zero-order chi connectivity index (χ0) is 22.6. The van der Waals surface area contributed by atoms with Crippen molar-refractivity contribution in [2.45, 2.75) is 25.6 Å². The van der Waals surface area contributed by atoms with Gasteiger partial charge in [0.05, 0.1) is 0 Å². The third kappa shape index (κ3) is 3.44. The van der Waals surface area contributed by atoms with Crippen LogP contribution in [0.15, 0.2) is 48.7 Å². The van der Waals surface area contributed by atoms with Gasteiger partial charge in [0.2, 0.25) is 5.95 Å². The second-order valence-corrected chi connectivity index (χ2v) is 8.29. The SMILES string of the molecule is Cc1ccc(C2c3[nH]c4ccc(Cl)cc4c3CCN2c2nccc(C(F)(F)F)n2)c(O)c1. The van der Waals surface area contributed by atoms with Crippen molar-refractivity contribution in [3.63, 3.8) is 0 Å². The Morgan fingerprint density at radius 3 is 2.72 bits per heavy atom. The highest BCUT2D eigenvalue weighted by Gasteiger charge is 2.37. The molecule has 2 N–H and O–H groups in total. The van der Waals surface area contributed by atoms with E-state index in [4.69, 9.17) is 11.6 Å². The van der Waals surface area contributed by atoms with Gasteiger partial charge in [0.1, 0.15) is 17.5 Å². The summed E-state index contributed by atoms with van der Waals surface area (Å²) < 4.78 is 39.9. The normalized spacial score (nSPS) is 16.4. The van der Waals surface area contributed by atoms with Gasteiger partial charge in [-0.2, -0.15) is 13.2 Å². The average molecular weight is 459 g/mol. The Labute approximate surface area is 186 Å². The number of aryl methyl sites for hydroxylation is 1. The highest BCUT2D eigenvalue weighted by atomic mass is 35.5. The van der Waals surface area contributed by atoms with E-state index in [2.05, 4.69) is 15.0 Å². The minimum absolute atomic E-state index is 0.0489. The number of benzene rings is 2. The summed E-state index contributed by atoms with van der Waals surface area (Å²) in [5.41, 5.74) is 3.05. The van der Waals surface area contributed by atoms with Crippen molar-refractivity contribution in [2.75, 3.05) is 11.4 Å². The van der Waals surface area contributed by atoms with Crippen molar-refractivity contribution >= 4 is 28.5 Å². The van der Waals surface area contributed by atoms with Crippen LogP contribution in [0.4, 0.5) is 19.1 Å². The molecule has 32 heavy (non-hydrogen) atoms. The zero-order valence-corrected chi connectivity index (χ0v) is 17.7. The maximum absolute atomic E-state index is 13.3. The van der Waals surface area contributed by atoms with Gasteiger partial charge in [-0.1, -0.05) is 23.7 Å². The summed E-state index contributed by atoms with van der Waals surface area (Å²) in [4.78, 5) is 13.0. The smallest absolute Gasteiger partial charge is 0.433 e. The predicted molar refractivity (Wildman–Crippen MR) is 116 cm³/mol. The van der Waals surface area contributed by atoms with E-state index >= 15 is 0 Å². The lowest BCUT2D eigenvalue weighted by molar-refractivity contribution is -0.141. The molecule has 1 unspecified atom stereocenters. The summed E-state index contributed by atoms with van der Waals surface area (Å²) in [6.07, 6.45) is -2.92. The number of nitrogens with zero attached hydrogens (tertiary/aromatic N) is 3. The molecule has 9 heteroatoms. The number of fused-ring (bicyclic) bond motifs is 3. The molecular formula is C23H18ClF3N4O. The maximum atomic E-state index is 13.3. The molecule has 5 nitrogen and oxygen atoms in total. The topological polar surface area (TPSA) is 65.0 Å². The fraction of sp³-hybridized carbons (Fsp3) is 0.217. The lowest BCUT2D eigenvalue weighted by Gasteiger charge is -2.36. The fourth-order valence-electron chi connectivity index (χ4n) is 4.33. The van der Waals surface area contributed by atoms with Gasteiger partial charge in [0, 0.05) is 39.9 Å². The number of aromatic amines is 1. The summed E-state index contributed by atoms with van der Waals surface area (Å²) in [7, 11) is 0. The molecule has 0 fully saturated rings. The number of H-pyrrole nitrogens is 1. The lowest BCUT2D eigenvalue weighted by Crippen LogP contribution is -2.37. The molecule has 1 atom stereocenters. The average Bonchev–Trinajstić information content (AvgIpc) is 3.11. The molecule has 0 saturated carbocycles. The molecule has 2 aromatic carbocycles. The molecule has 1 aliphatic rings. The van der Waals surface area contributed by atoms with Crippen LogP contribution < -0.4 is 4.90 Å². The van der Waals surface area contributed by atoms with E-state index in [-0.39, 0.29) is 11.7 Å². The Kier molecular flexibility index (Phi) is 4.78. The standard InChI is InChI=1S/C23H18ClF3N4O/c1-12-2-4-15(18(32)10-12)21-20-14(16-11-13(24)3-5-17(16)29-20)7-9-31(21)22-28-8-6-19(30-22)23(25,26)27/h2-6,8,10-11,21,29,32H,7,9H2,1H3. The molecular weight excluding hydrogens is 441 g/mol. The van der Waals surface area contributed by atoms with Crippen LogP contribution in [0.3, 0.4) is 0 Å². The van der Waals surface area contributed by atoms with Crippen molar-refractivity contribution in [2.24, 2.45) is 0 Å². The largest absolute Gasteiger partial charge is 0.508 e. The highest BCUT2D eigenvalue weighted by molar-refractivity contribution is 6.31. The van der Waals surface area contributed by atoms with E-state index in [0.29, 0.717) is 23.6 Å². The van der Waals surface area contributed by atoms with Gasteiger partial charge >= 0.3 is 6.18 Å². The van der Waals surface area contributed by atoms with Crippen LogP contribution in [-0.2, 0) is 12.6 Å². The first-order valence-electron chi connectivity index (χ1n) is 9.99. The predicted octanol–water partition coefficient (Wildman–Crippen LogP) is 5.80. The van der Waals surface area contributed by atoms with E-state index in [0.717, 1.165) is 40.0 Å². The first kappa shape index (κ1) is 20.6. The summed E-state index contributed by atoms with van der Waals surface area (Å²) in [6.45, 7) is 2.22. The van der Waals surface area contributed by atoms with Gasteiger partial charge in [-0.05, 0) is 54.8 Å². The molecule has 5 rings (SSSR count). The summed E-state index contributed by atoms with van der Waals surface area (Å²) >= 11 is 6.21. The number of aromatic hydroxyl groups is 1. The van der Waals surface area contributed by atoms with Gasteiger partial charge in [-0.3, -0.25) is 0 Å². The molecule has 1 aliphatic heterocycles. The number of alkyl halides is 3. The Morgan fingerprint density at radius 1 is 1.16 bits per heavy atom. The molecule has 0 radical (unpaired) electrons. The van der Waals surface area contributed by atoms with Crippen LogP contribution in [0.25, 0.3) is 10.9 Å². The molecule has 0 aliphatic carbocycles. The second-order valence-electron chi connectivity index (χ2n) is 7.85. The highest BCUT2D eigenvalue weighted by Crippen LogP contribution is 2.43. The number of aromatic nitrogens is 3. The van der Waals surface area contributed by atoms with E-state index in [1.807, 2.05) is 25.1 Å². The van der Waals surface area contributed by atoms with Gasteiger partial charge in [0.15, 0.2) is 0 Å². The van der Waals surface area contributed by atoms with Crippen LogP contribution >= 0.6 is 11.6 Å². The van der Waals surface area contributed by atoms with Crippen LogP contribution in [-0.4, -0.2) is 26.6 Å². The van der Waals surface area contributed by atoms with E-state index in [1.165, 1.54) is 0 Å². The third-order valence-corrected chi connectivity index (χ3v) is 5.99. The minimum Gasteiger partial charge on any atom is -0.508 e. The molecule has 0 amide bonds. The number of halogens is 4. The minimum atomic E-state index is -4.59. The molecule has 3 heterocycles. The second kappa shape index (κ2) is 7.41. The van der Waals surface area contributed by atoms with Crippen molar-refractivity contribution in [3.05, 3.63) is 81.8 Å². The fourth-order valence-corrected chi connectivity index (χ4v) is 4.50. The first-order valence-corrected chi connectivity index (χ1v) is 10.4. The monoisotopic (exact) mass is 458 g/mol. The van der Waals surface area contributed by atoms with Crippen molar-refractivity contribution < 1.29 is 18.3 Å². The van der Waals surface area contributed by atoms with Crippen LogP contribution in [0.1, 0.15) is 34.1 Å². The van der Waals surface area contributed by atoms with Crippen LogP contribution in [0, 0.1) is 6.92 Å². The number of hydrogen-bond acceptors (Lipinski definition) is 4. The lowest BCUT2D eigenvalue weighted by atomic mass is 9.91. The van der Waals surface area contributed by atoms with Crippen molar-refractivity contribution in [1.29, 1.82) is 0 Å². The third-order valence-electron chi connectivity index (χ3n) is 5.76. The van der Waals surface area contributed by atoms with Gasteiger partial charge in [-0.25, -0.2) is 9.97 Å². The molecule has 4 aromatic rings. The van der Waals surface area contributed by atoms with E-state index in [9.17, 15) is 18.3 Å². The molecule has 164 valence electrons. The summed E-state index contributed by atoms with van der Waals surface area (Å²) in [5, 5.41) is 12.3. The Bertz CT molecular complexity index is 1330. The van der Waals surface area contributed by atoms with E-state index < -0.39 is 17.9 Å². The number of hydrogen-bond donors (Lipinski definition) is 2. The quantitative estimate of drug-likeness (QED) is 0.398. The number of nitrogens with one attached hydrogen (secondary N) is 1. The van der Waals surface area contributed by atoms with Crippen LogP contribution in [0.5, 0.6) is 5.75 Å². The van der Waals surface area contributed by atoms with Crippen molar-refractivity contribution in [3.8, 4) is 5.75 Å². The van der Waals surface area contributed by atoms with Crippen LogP contribution in [0.2, 0.25) is 5.02 Å². The molecule has 0 spiro atoms.